The molecule has 0 N–H and O–H groups in total. The van der Waals surface area contributed by atoms with Crippen molar-refractivity contribution < 1.29 is 28.6 Å². The quantitative estimate of drug-likeness (QED) is 0.0200. The summed E-state index contributed by atoms with van der Waals surface area (Å²) in [5.74, 6) is -0.991. The number of hydrogen-bond acceptors (Lipinski definition) is 6. The average Bonchev–Trinajstić information content (AvgIpc) is 3.27. The van der Waals surface area contributed by atoms with Crippen molar-refractivity contribution in [3.05, 3.63) is 97.2 Å². The Morgan fingerprint density at radius 2 is 0.726 bits per heavy atom. The van der Waals surface area contributed by atoms with Crippen molar-refractivity contribution in [1.29, 1.82) is 0 Å². The summed E-state index contributed by atoms with van der Waals surface area (Å²) in [6, 6.07) is 0. The number of esters is 3. The summed E-state index contributed by atoms with van der Waals surface area (Å²) < 4.78 is 16.7. The van der Waals surface area contributed by atoms with Crippen LogP contribution in [0.5, 0.6) is 0 Å². The fraction of sp³-hybridized carbons (Fsp3) is 0.661. The van der Waals surface area contributed by atoms with Crippen LogP contribution in [0.25, 0.3) is 0 Å². The molecular weight excluding hydrogens is 769 g/mol. The number of rotatable bonds is 44. The van der Waals surface area contributed by atoms with E-state index < -0.39 is 6.10 Å². The molecule has 352 valence electrons. The normalized spacial score (nSPS) is 12.9. The van der Waals surface area contributed by atoms with Gasteiger partial charge in [-0.2, -0.15) is 0 Å². The highest BCUT2D eigenvalue weighted by Gasteiger charge is 2.19. The highest BCUT2D eigenvalue weighted by Crippen LogP contribution is 2.15. The topological polar surface area (TPSA) is 78.9 Å². The minimum atomic E-state index is -0.815. The highest BCUT2D eigenvalue weighted by atomic mass is 16.6. The van der Waals surface area contributed by atoms with Gasteiger partial charge in [0.15, 0.2) is 6.10 Å². The van der Waals surface area contributed by atoms with Gasteiger partial charge in [-0.1, -0.05) is 234 Å². The Balaban J connectivity index is 4.44. The molecular formula is C56H92O6. The van der Waals surface area contributed by atoms with Crippen LogP contribution >= 0.6 is 0 Å². The van der Waals surface area contributed by atoms with Gasteiger partial charge in [-0.15, -0.1) is 0 Å². The van der Waals surface area contributed by atoms with Crippen molar-refractivity contribution in [3.63, 3.8) is 0 Å². The zero-order valence-corrected chi connectivity index (χ0v) is 40.1. The largest absolute Gasteiger partial charge is 0.462 e. The molecule has 0 radical (unpaired) electrons. The fourth-order valence-electron chi connectivity index (χ4n) is 6.72. The van der Waals surface area contributed by atoms with E-state index in [1.807, 2.05) is 54.7 Å². The van der Waals surface area contributed by atoms with Crippen LogP contribution in [0, 0.1) is 0 Å². The third-order valence-electron chi connectivity index (χ3n) is 10.5. The van der Waals surface area contributed by atoms with Crippen LogP contribution in [-0.4, -0.2) is 37.2 Å². The molecule has 0 rings (SSSR count). The fourth-order valence-corrected chi connectivity index (χ4v) is 6.72. The Hall–Kier alpha value is -3.67. The molecule has 0 aliphatic rings. The van der Waals surface area contributed by atoms with E-state index in [-0.39, 0.29) is 37.5 Å². The summed E-state index contributed by atoms with van der Waals surface area (Å²) >= 11 is 0. The SMILES string of the molecule is CC\C=C/C=C\C=C/C=C\C=C/CCCC(=O)OC(COC(=O)CCCCCCCCCCC/C=C\C/C=C\C/C=C\CC)COC(=O)CCCCCCCCCCCCCC. The summed E-state index contributed by atoms with van der Waals surface area (Å²) in [7, 11) is 0. The lowest BCUT2D eigenvalue weighted by Crippen LogP contribution is -2.30. The van der Waals surface area contributed by atoms with Crippen molar-refractivity contribution in [3.8, 4) is 0 Å². The van der Waals surface area contributed by atoms with Crippen molar-refractivity contribution >= 4 is 17.9 Å². The van der Waals surface area contributed by atoms with Gasteiger partial charge in [0.25, 0.3) is 0 Å². The van der Waals surface area contributed by atoms with Gasteiger partial charge in [-0.05, 0) is 64.2 Å². The van der Waals surface area contributed by atoms with Crippen LogP contribution in [0.4, 0.5) is 0 Å². The lowest BCUT2D eigenvalue weighted by Gasteiger charge is -2.18. The maximum atomic E-state index is 12.7. The van der Waals surface area contributed by atoms with Gasteiger partial charge in [-0.3, -0.25) is 14.4 Å². The van der Waals surface area contributed by atoms with Crippen LogP contribution < -0.4 is 0 Å². The van der Waals surface area contributed by atoms with E-state index in [0.29, 0.717) is 19.3 Å². The molecule has 0 aromatic heterocycles. The molecule has 0 spiro atoms. The van der Waals surface area contributed by atoms with Gasteiger partial charge < -0.3 is 14.2 Å². The second-order valence-electron chi connectivity index (χ2n) is 16.4. The zero-order valence-electron chi connectivity index (χ0n) is 40.1. The molecule has 0 saturated carbocycles. The number of ether oxygens (including phenoxy) is 3. The molecule has 1 unspecified atom stereocenters. The van der Waals surface area contributed by atoms with Crippen LogP contribution in [0.1, 0.15) is 220 Å². The van der Waals surface area contributed by atoms with Crippen molar-refractivity contribution in [2.45, 2.75) is 226 Å². The van der Waals surface area contributed by atoms with Crippen LogP contribution in [0.15, 0.2) is 97.2 Å². The number of unbranched alkanes of at least 4 members (excludes halogenated alkanes) is 21. The molecule has 0 fully saturated rings. The first-order valence-electron chi connectivity index (χ1n) is 25.3. The smallest absolute Gasteiger partial charge is 0.306 e. The van der Waals surface area contributed by atoms with Gasteiger partial charge in [0, 0.05) is 19.3 Å². The van der Waals surface area contributed by atoms with Gasteiger partial charge in [0.2, 0.25) is 0 Å². The summed E-state index contributed by atoms with van der Waals surface area (Å²) in [5, 5.41) is 0. The molecule has 0 saturated heterocycles. The second-order valence-corrected chi connectivity index (χ2v) is 16.4. The molecule has 0 aliphatic heterocycles. The highest BCUT2D eigenvalue weighted by molar-refractivity contribution is 5.71. The molecule has 6 heteroatoms. The van der Waals surface area contributed by atoms with Crippen molar-refractivity contribution in [1.82, 2.24) is 0 Å². The van der Waals surface area contributed by atoms with Gasteiger partial charge >= 0.3 is 17.9 Å². The van der Waals surface area contributed by atoms with Crippen LogP contribution in [0.2, 0.25) is 0 Å². The number of carbonyl (C=O) groups excluding carboxylic acids is 3. The summed E-state index contributed by atoms with van der Waals surface area (Å²) in [6.07, 6.45) is 65.4. The van der Waals surface area contributed by atoms with E-state index in [2.05, 4.69) is 63.3 Å². The van der Waals surface area contributed by atoms with Crippen LogP contribution in [0.3, 0.4) is 0 Å². The van der Waals surface area contributed by atoms with E-state index in [0.717, 1.165) is 70.6 Å². The molecule has 0 aromatic carbocycles. The lowest BCUT2D eigenvalue weighted by atomic mass is 10.0. The predicted molar refractivity (Wildman–Crippen MR) is 265 cm³/mol. The molecule has 1 atom stereocenters. The number of allylic oxidation sites excluding steroid dienone is 16. The minimum Gasteiger partial charge on any atom is -0.462 e. The standard InChI is InChI=1S/C56H92O6/c1-4-7-10-13-16-19-22-25-26-27-28-29-30-32-34-37-40-43-46-49-55(58)61-52-53(51-60-54(57)48-45-42-39-36-33-24-21-18-15-12-9-6-3)62-56(59)50-47-44-41-38-35-31-23-20-17-14-11-8-5-2/h7-8,10-11,14,16-17,19-20,23,25-26,31,35,38,41,53H,4-6,9,12-13,15,18,21-22,24,27-30,32-34,36-37,39-40,42-52H2,1-3H3/b10-7-,11-8-,17-14-,19-16-,23-20-,26-25-,35-31-,41-38-. The molecule has 0 aliphatic carbocycles. The average molecular weight is 861 g/mol. The van der Waals surface area contributed by atoms with E-state index in [4.69, 9.17) is 14.2 Å². The van der Waals surface area contributed by atoms with Gasteiger partial charge in [0.05, 0.1) is 0 Å². The molecule has 0 amide bonds. The Kier molecular flexibility index (Phi) is 47.0. The molecule has 0 bridgehead atoms. The van der Waals surface area contributed by atoms with Crippen molar-refractivity contribution in [2.75, 3.05) is 13.2 Å². The van der Waals surface area contributed by atoms with E-state index in [1.165, 1.54) is 103 Å². The van der Waals surface area contributed by atoms with E-state index in [1.54, 1.807) is 0 Å². The Bertz CT molecular complexity index is 1260. The number of hydrogen-bond donors (Lipinski definition) is 0. The molecule has 0 aromatic rings. The Morgan fingerprint density at radius 1 is 0.355 bits per heavy atom. The lowest BCUT2D eigenvalue weighted by molar-refractivity contribution is -0.167. The maximum absolute atomic E-state index is 12.7. The Morgan fingerprint density at radius 3 is 1.21 bits per heavy atom. The first-order chi connectivity index (χ1) is 30.5. The second kappa shape index (κ2) is 50.0. The number of carbonyl (C=O) groups is 3. The minimum absolute atomic E-state index is 0.107. The van der Waals surface area contributed by atoms with Gasteiger partial charge in [0.1, 0.15) is 13.2 Å². The van der Waals surface area contributed by atoms with E-state index in [9.17, 15) is 14.4 Å². The summed E-state index contributed by atoms with van der Waals surface area (Å²) in [5.41, 5.74) is 0. The van der Waals surface area contributed by atoms with Crippen LogP contribution in [-0.2, 0) is 28.6 Å². The third kappa shape index (κ3) is 47.4. The zero-order chi connectivity index (χ0) is 45.1. The Labute approximate surface area is 381 Å². The molecule has 6 nitrogen and oxygen atoms in total. The predicted octanol–water partition coefficient (Wildman–Crippen LogP) is 16.6. The monoisotopic (exact) mass is 861 g/mol. The van der Waals surface area contributed by atoms with Gasteiger partial charge in [-0.25, -0.2) is 0 Å². The van der Waals surface area contributed by atoms with Crippen molar-refractivity contribution in [2.24, 2.45) is 0 Å². The maximum Gasteiger partial charge on any atom is 0.306 e. The van der Waals surface area contributed by atoms with E-state index >= 15 is 0 Å². The summed E-state index contributed by atoms with van der Waals surface area (Å²) in [6.45, 7) is 6.31. The molecule has 0 heterocycles. The molecule has 62 heavy (non-hydrogen) atoms. The first-order valence-corrected chi connectivity index (χ1v) is 25.3. The third-order valence-corrected chi connectivity index (χ3v) is 10.5. The summed E-state index contributed by atoms with van der Waals surface area (Å²) in [4.78, 5) is 37.9. The first kappa shape index (κ1) is 58.3.